The monoisotopic (exact) mass is 390 g/mol. The molecule has 0 saturated carbocycles. The Hall–Kier alpha value is -3.01. The first-order chi connectivity index (χ1) is 13.0. The van der Waals surface area contributed by atoms with Crippen LogP contribution in [0.15, 0.2) is 29.8 Å². The van der Waals surface area contributed by atoms with E-state index in [0.717, 1.165) is 11.2 Å². The van der Waals surface area contributed by atoms with E-state index in [0.29, 0.717) is 26.2 Å². The number of hydrogen-bond donors (Lipinski definition) is 0. The molecule has 0 aliphatic carbocycles. The molecule has 0 radical (unpaired) electrons. The number of nitro groups is 1. The van der Waals surface area contributed by atoms with Crippen LogP contribution in [0.5, 0.6) is 0 Å². The molecule has 1 aromatic carbocycles. The van der Waals surface area contributed by atoms with Crippen molar-refractivity contribution in [1.82, 2.24) is 9.88 Å². The lowest BCUT2D eigenvalue weighted by atomic mass is 10.1. The molecule has 0 atom stereocenters. The number of hydrogen-bond acceptors (Lipinski definition) is 8. The SMILES string of the molecule is CCOC(=O)c1cc(C(=O)N2CCN(c3nccs3)CC2)cc([N+](=O)[O-])c1. The molecular weight excluding hydrogens is 372 g/mol. The largest absolute Gasteiger partial charge is 0.462 e. The summed E-state index contributed by atoms with van der Waals surface area (Å²) in [5, 5.41) is 14.0. The number of anilines is 1. The minimum absolute atomic E-state index is 0.00387. The zero-order chi connectivity index (χ0) is 19.4. The smallest absolute Gasteiger partial charge is 0.338 e. The number of rotatable bonds is 5. The van der Waals surface area contributed by atoms with E-state index in [1.807, 2.05) is 5.38 Å². The number of piperazine rings is 1. The van der Waals surface area contributed by atoms with Gasteiger partial charge in [0.1, 0.15) is 0 Å². The van der Waals surface area contributed by atoms with E-state index in [1.165, 1.54) is 23.5 Å². The molecule has 1 aliphatic heterocycles. The Morgan fingerprint density at radius 1 is 1.22 bits per heavy atom. The van der Waals surface area contributed by atoms with Crippen LogP contribution in [0.1, 0.15) is 27.6 Å². The summed E-state index contributed by atoms with van der Waals surface area (Å²) in [7, 11) is 0. The molecule has 10 heteroatoms. The average molecular weight is 390 g/mol. The van der Waals surface area contributed by atoms with Crippen LogP contribution in [0.3, 0.4) is 0 Å². The van der Waals surface area contributed by atoms with Crippen LogP contribution < -0.4 is 4.90 Å². The summed E-state index contributed by atoms with van der Waals surface area (Å²) in [5.41, 5.74) is -0.212. The van der Waals surface area contributed by atoms with Gasteiger partial charge in [-0.15, -0.1) is 11.3 Å². The first-order valence-electron chi connectivity index (χ1n) is 8.40. The van der Waals surface area contributed by atoms with Crippen molar-refractivity contribution in [2.24, 2.45) is 0 Å². The second kappa shape index (κ2) is 8.12. The summed E-state index contributed by atoms with van der Waals surface area (Å²) in [6, 6.07) is 3.66. The van der Waals surface area contributed by atoms with Gasteiger partial charge in [0.2, 0.25) is 0 Å². The third-order valence-electron chi connectivity index (χ3n) is 4.14. The number of nitrogens with zero attached hydrogens (tertiary/aromatic N) is 4. The maximum atomic E-state index is 12.8. The Labute approximate surface area is 159 Å². The first-order valence-corrected chi connectivity index (χ1v) is 9.28. The maximum Gasteiger partial charge on any atom is 0.338 e. The van der Waals surface area contributed by atoms with Gasteiger partial charge in [-0.2, -0.15) is 0 Å². The fourth-order valence-electron chi connectivity index (χ4n) is 2.83. The fraction of sp³-hybridized carbons (Fsp3) is 0.353. The van der Waals surface area contributed by atoms with Gasteiger partial charge in [-0.25, -0.2) is 9.78 Å². The summed E-state index contributed by atoms with van der Waals surface area (Å²) in [5.74, 6) is -1.04. The van der Waals surface area contributed by atoms with E-state index < -0.39 is 10.9 Å². The predicted molar refractivity (Wildman–Crippen MR) is 99.3 cm³/mol. The molecule has 0 spiro atoms. The molecule has 0 bridgehead atoms. The zero-order valence-electron chi connectivity index (χ0n) is 14.7. The highest BCUT2D eigenvalue weighted by Gasteiger charge is 2.26. The number of esters is 1. The molecule has 3 rings (SSSR count). The number of carbonyl (C=O) groups excluding carboxylic acids is 2. The van der Waals surface area contributed by atoms with Gasteiger partial charge in [-0.05, 0) is 13.0 Å². The molecule has 0 unspecified atom stereocenters. The van der Waals surface area contributed by atoms with Crippen LogP contribution in [0.25, 0.3) is 0 Å². The van der Waals surface area contributed by atoms with Gasteiger partial charge >= 0.3 is 5.97 Å². The second-order valence-corrected chi connectivity index (χ2v) is 6.71. The molecular formula is C17H18N4O5S. The molecule has 2 aromatic rings. The molecule has 1 aliphatic rings. The quantitative estimate of drug-likeness (QED) is 0.438. The van der Waals surface area contributed by atoms with Gasteiger partial charge in [0.25, 0.3) is 11.6 Å². The Morgan fingerprint density at radius 3 is 2.52 bits per heavy atom. The highest BCUT2D eigenvalue weighted by Crippen LogP contribution is 2.22. The summed E-state index contributed by atoms with van der Waals surface area (Å²) < 4.78 is 4.90. The van der Waals surface area contributed by atoms with Crippen molar-refractivity contribution in [3.05, 3.63) is 51.0 Å². The standard InChI is InChI=1S/C17H18N4O5S/c1-2-26-16(23)13-9-12(10-14(11-13)21(24)25)15(22)19-4-6-20(7-5-19)17-18-3-8-27-17/h3,8-11H,2,4-7H2,1H3. The fourth-order valence-corrected chi connectivity index (χ4v) is 3.52. The summed E-state index contributed by atoms with van der Waals surface area (Å²) in [6.07, 6.45) is 1.73. The van der Waals surface area contributed by atoms with Crippen molar-refractivity contribution in [3.63, 3.8) is 0 Å². The normalized spacial score (nSPS) is 14.1. The molecule has 1 aromatic heterocycles. The lowest BCUT2D eigenvalue weighted by Gasteiger charge is -2.34. The number of ether oxygens (including phenoxy) is 1. The lowest BCUT2D eigenvalue weighted by Crippen LogP contribution is -2.48. The molecule has 2 heterocycles. The predicted octanol–water partition coefficient (Wildman–Crippen LogP) is 2.19. The number of nitro benzene ring substituents is 1. The van der Waals surface area contributed by atoms with Crippen molar-refractivity contribution < 1.29 is 19.2 Å². The van der Waals surface area contributed by atoms with Crippen LogP contribution >= 0.6 is 11.3 Å². The van der Waals surface area contributed by atoms with Crippen LogP contribution in [0.2, 0.25) is 0 Å². The lowest BCUT2D eigenvalue weighted by molar-refractivity contribution is -0.384. The highest BCUT2D eigenvalue weighted by molar-refractivity contribution is 7.13. The molecule has 142 valence electrons. The minimum atomic E-state index is -0.691. The Balaban J connectivity index is 1.77. The van der Waals surface area contributed by atoms with Gasteiger partial charge in [0.05, 0.1) is 17.1 Å². The third kappa shape index (κ3) is 4.22. The molecule has 0 N–H and O–H groups in total. The Kier molecular flexibility index (Phi) is 5.65. The summed E-state index contributed by atoms with van der Waals surface area (Å²) in [6.45, 7) is 3.97. The van der Waals surface area contributed by atoms with Gasteiger partial charge in [0.15, 0.2) is 5.13 Å². The van der Waals surface area contributed by atoms with E-state index >= 15 is 0 Å². The van der Waals surface area contributed by atoms with E-state index in [4.69, 9.17) is 4.74 Å². The van der Waals surface area contributed by atoms with Crippen LogP contribution in [-0.4, -0.2) is 59.5 Å². The van der Waals surface area contributed by atoms with Crippen molar-refractivity contribution in [3.8, 4) is 0 Å². The van der Waals surface area contributed by atoms with Gasteiger partial charge in [0, 0.05) is 55.5 Å². The molecule has 1 amide bonds. The van der Waals surface area contributed by atoms with Crippen LogP contribution in [-0.2, 0) is 4.74 Å². The zero-order valence-corrected chi connectivity index (χ0v) is 15.5. The topological polar surface area (TPSA) is 106 Å². The van der Waals surface area contributed by atoms with E-state index in [-0.39, 0.29) is 29.3 Å². The maximum absolute atomic E-state index is 12.8. The van der Waals surface area contributed by atoms with Crippen LogP contribution in [0, 0.1) is 10.1 Å². The van der Waals surface area contributed by atoms with Crippen molar-refractivity contribution >= 4 is 34.0 Å². The average Bonchev–Trinajstić information content (AvgIpc) is 3.22. The highest BCUT2D eigenvalue weighted by atomic mass is 32.1. The van der Waals surface area contributed by atoms with E-state index in [9.17, 15) is 19.7 Å². The minimum Gasteiger partial charge on any atom is -0.462 e. The third-order valence-corrected chi connectivity index (χ3v) is 4.98. The Morgan fingerprint density at radius 2 is 1.93 bits per heavy atom. The van der Waals surface area contributed by atoms with Crippen molar-refractivity contribution in [1.29, 1.82) is 0 Å². The number of amides is 1. The van der Waals surface area contributed by atoms with Gasteiger partial charge in [-0.3, -0.25) is 14.9 Å². The summed E-state index contributed by atoms with van der Waals surface area (Å²) in [4.78, 5) is 43.3. The Bertz CT molecular complexity index is 847. The first kappa shape index (κ1) is 18.8. The second-order valence-electron chi connectivity index (χ2n) is 5.84. The van der Waals surface area contributed by atoms with Crippen LogP contribution in [0.4, 0.5) is 10.8 Å². The van der Waals surface area contributed by atoms with E-state index in [2.05, 4.69) is 9.88 Å². The van der Waals surface area contributed by atoms with Gasteiger partial charge in [-0.1, -0.05) is 0 Å². The summed E-state index contributed by atoms with van der Waals surface area (Å²) >= 11 is 1.54. The number of aromatic nitrogens is 1. The van der Waals surface area contributed by atoms with E-state index in [1.54, 1.807) is 18.0 Å². The van der Waals surface area contributed by atoms with Crippen molar-refractivity contribution in [2.75, 3.05) is 37.7 Å². The van der Waals surface area contributed by atoms with Crippen molar-refractivity contribution in [2.45, 2.75) is 6.92 Å². The number of carbonyl (C=O) groups is 2. The molecule has 1 saturated heterocycles. The number of thiazole rings is 1. The van der Waals surface area contributed by atoms with Gasteiger partial charge < -0.3 is 14.5 Å². The molecule has 1 fully saturated rings. The number of non-ortho nitro benzene ring substituents is 1. The number of benzene rings is 1. The molecule has 9 nitrogen and oxygen atoms in total. The molecule has 27 heavy (non-hydrogen) atoms.